The number of benzene rings is 4. The van der Waals surface area contributed by atoms with Crippen molar-refractivity contribution in [2.75, 3.05) is 0 Å². The second-order valence-electron chi connectivity index (χ2n) is 7.55. The lowest BCUT2D eigenvalue weighted by atomic mass is 9.97. The summed E-state index contributed by atoms with van der Waals surface area (Å²) in [7, 11) is -1.88. The third-order valence-corrected chi connectivity index (χ3v) is 10.9. The molecule has 0 saturated carbocycles. The standard InChI is InChI=1S/C25H22Si/c1-19-15-16-21-18-26(22-10-4-2-5-11-22,23-12-6-3-7-13-23)17-20-9-8-14-24(19)25(20)21/h2-16H,17-18H2,1H3. The van der Waals surface area contributed by atoms with Crippen molar-refractivity contribution in [2.24, 2.45) is 0 Å². The summed E-state index contributed by atoms with van der Waals surface area (Å²) in [6.45, 7) is 2.23. The van der Waals surface area contributed by atoms with E-state index in [0.717, 1.165) is 0 Å². The summed E-state index contributed by atoms with van der Waals surface area (Å²) in [5, 5.41) is 6.05. The molecule has 4 aromatic rings. The van der Waals surface area contributed by atoms with Gasteiger partial charge in [-0.25, -0.2) is 0 Å². The predicted molar refractivity (Wildman–Crippen MR) is 114 cm³/mol. The van der Waals surface area contributed by atoms with E-state index in [2.05, 4.69) is 97.9 Å². The summed E-state index contributed by atoms with van der Waals surface area (Å²) < 4.78 is 0. The Morgan fingerprint density at radius 2 is 1.15 bits per heavy atom. The van der Waals surface area contributed by atoms with Gasteiger partial charge in [-0.15, -0.1) is 0 Å². The third kappa shape index (κ3) is 2.28. The van der Waals surface area contributed by atoms with E-state index >= 15 is 0 Å². The van der Waals surface area contributed by atoms with Crippen molar-refractivity contribution in [3.8, 4) is 0 Å². The zero-order valence-electron chi connectivity index (χ0n) is 15.1. The minimum absolute atomic E-state index is 1.19. The minimum atomic E-state index is -1.88. The number of hydrogen-bond donors (Lipinski definition) is 0. The number of hydrogen-bond acceptors (Lipinski definition) is 0. The average molecular weight is 351 g/mol. The highest BCUT2D eigenvalue weighted by Crippen LogP contribution is 2.34. The zero-order chi connectivity index (χ0) is 17.6. The van der Waals surface area contributed by atoms with Crippen LogP contribution in [0.5, 0.6) is 0 Å². The minimum Gasteiger partial charge on any atom is -0.0626 e. The van der Waals surface area contributed by atoms with Crippen molar-refractivity contribution in [3.63, 3.8) is 0 Å². The van der Waals surface area contributed by atoms with Gasteiger partial charge in [0, 0.05) is 0 Å². The van der Waals surface area contributed by atoms with Gasteiger partial charge < -0.3 is 0 Å². The molecule has 4 aromatic carbocycles. The Hall–Kier alpha value is -2.64. The highest BCUT2D eigenvalue weighted by molar-refractivity contribution is 7.01. The van der Waals surface area contributed by atoms with Crippen molar-refractivity contribution < 1.29 is 0 Å². The Labute approximate surface area is 156 Å². The van der Waals surface area contributed by atoms with Gasteiger partial charge in [-0.3, -0.25) is 0 Å². The van der Waals surface area contributed by atoms with Gasteiger partial charge in [0.15, 0.2) is 0 Å². The molecular formula is C25H22Si. The first-order chi connectivity index (χ1) is 12.8. The fourth-order valence-electron chi connectivity index (χ4n) is 4.80. The third-order valence-electron chi connectivity index (χ3n) is 6.07. The number of rotatable bonds is 2. The smallest absolute Gasteiger partial charge is 0.0626 e. The first-order valence-electron chi connectivity index (χ1n) is 9.39. The van der Waals surface area contributed by atoms with Crippen molar-refractivity contribution in [1.29, 1.82) is 0 Å². The quantitative estimate of drug-likeness (QED) is 0.464. The zero-order valence-corrected chi connectivity index (χ0v) is 16.1. The lowest BCUT2D eigenvalue weighted by molar-refractivity contribution is 1.21. The van der Waals surface area contributed by atoms with Crippen LogP contribution in [0.2, 0.25) is 0 Å². The molecule has 1 aliphatic heterocycles. The van der Waals surface area contributed by atoms with Crippen molar-refractivity contribution >= 4 is 29.2 Å². The van der Waals surface area contributed by atoms with Crippen LogP contribution in [0.1, 0.15) is 16.7 Å². The lowest BCUT2D eigenvalue weighted by Gasteiger charge is -2.38. The van der Waals surface area contributed by atoms with E-state index in [4.69, 9.17) is 0 Å². The molecule has 5 rings (SSSR count). The van der Waals surface area contributed by atoms with Crippen LogP contribution in [0, 0.1) is 6.92 Å². The molecule has 126 valence electrons. The SMILES string of the molecule is Cc1ccc2c3c(cccc13)C[Si](c1ccccc1)(c1ccccc1)C2. The maximum absolute atomic E-state index is 2.38. The molecule has 0 amide bonds. The maximum atomic E-state index is 2.38. The summed E-state index contributed by atoms with van der Waals surface area (Å²) in [5.41, 5.74) is 4.46. The first-order valence-corrected chi connectivity index (χ1v) is 11.8. The van der Waals surface area contributed by atoms with E-state index in [1.807, 2.05) is 0 Å². The van der Waals surface area contributed by atoms with Gasteiger partial charge >= 0.3 is 0 Å². The Kier molecular flexibility index (Phi) is 3.58. The van der Waals surface area contributed by atoms with Crippen LogP contribution in [-0.2, 0) is 12.1 Å². The van der Waals surface area contributed by atoms with E-state index in [-0.39, 0.29) is 0 Å². The summed E-state index contributed by atoms with van der Waals surface area (Å²) in [6, 6.07) is 36.5. The van der Waals surface area contributed by atoms with E-state index in [9.17, 15) is 0 Å². The molecule has 0 unspecified atom stereocenters. The Bertz CT molecular complexity index is 1030. The molecule has 1 heteroatoms. The van der Waals surface area contributed by atoms with E-state index < -0.39 is 8.07 Å². The van der Waals surface area contributed by atoms with Crippen LogP contribution in [0.25, 0.3) is 10.8 Å². The highest BCUT2D eigenvalue weighted by atomic mass is 28.3. The molecule has 0 fully saturated rings. The summed E-state index contributed by atoms with van der Waals surface area (Å²) >= 11 is 0. The molecule has 1 heterocycles. The second kappa shape index (κ2) is 5.96. The molecule has 0 aliphatic carbocycles. The molecule has 0 nitrogen and oxygen atoms in total. The Morgan fingerprint density at radius 3 is 1.77 bits per heavy atom. The van der Waals surface area contributed by atoms with Gasteiger partial charge in [0.1, 0.15) is 8.07 Å². The van der Waals surface area contributed by atoms with Crippen LogP contribution in [-0.4, -0.2) is 8.07 Å². The van der Waals surface area contributed by atoms with Crippen molar-refractivity contribution in [1.82, 2.24) is 0 Å². The van der Waals surface area contributed by atoms with E-state index in [0.29, 0.717) is 0 Å². The van der Waals surface area contributed by atoms with Crippen LogP contribution in [0.4, 0.5) is 0 Å². The summed E-state index contributed by atoms with van der Waals surface area (Å²) in [5.74, 6) is 0. The van der Waals surface area contributed by atoms with Crippen LogP contribution in [0.3, 0.4) is 0 Å². The van der Waals surface area contributed by atoms with Crippen molar-refractivity contribution in [2.45, 2.75) is 19.0 Å². The Morgan fingerprint density at radius 1 is 0.577 bits per heavy atom. The van der Waals surface area contributed by atoms with Gasteiger partial charge in [0.2, 0.25) is 0 Å². The average Bonchev–Trinajstić information content (AvgIpc) is 2.72. The molecule has 0 N–H and O–H groups in total. The molecule has 0 saturated heterocycles. The van der Waals surface area contributed by atoms with E-state index in [1.54, 1.807) is 10.4 Å². The largest absolute Gasteiger partial charge is 0.126 e. The molecule has 0 radical (unpaired) electrons. The summed E-state index contributed by atoms with van der Waals surface area (Å²) in [6.07, 6.45) is 0. The first kappa shape index (κ1) is 15.6. The second-order valence-corrected chi connectivity index (χ2v) is 11.6. The van der Waals surface area contributed by atoms with Gasteiger partial charge in [-0.1, -0.05) is 101 Å². The van der Waals surface area contributed by atoms with Gasteiger partial charge in [0.25, 0.3) is 0 Å². The monoisotopic (exact) mass is 350 g/mol. The number of aryl methyl sites for hydroxylation is 1. The fourth-order valence-corrected chi connectivity index (χ4v) is 9.63. The maximum Gasteiger partial charge on any atom is 0.126 e. The lowest BCUT2D eigenvalue weighted by Crippen LogP contribution is -2.63. The normalized spacial score (nSPS) is 15.1. The van der Waals surface area contributed by atoms with Crippen LogP contribution >= 0.6 is 0 Å². The molecular weight excluding hydrogens is 328 g/mol. The summed E-state index contributed by atoms with van der Waals surface area (Å²) in [4.78, 5) is 0. The van der Waals surface area contributed by atoms with E-state index in [1.165, 1.54) is 39.6 Å². The molecule has 1 aliphatic rings. The van der Waals surface area contributed by atoms with Gasteiger partial charge in [0.05, 0.1) is 0 Å². The topological polar surface area (TPSA) is 0 Å². The van der Waals surface area contributed by atoms with Gasteiger partial charge in [-0.2, -0.15) is 0 Å². The van der Waals surface area contributed by atoms with Gasteiger partial charge in [-0.05, 0) is 46.5 Å². The van der Waals surface area contributed by atoms with Crippen LogP contribution in [0.15, 0.2) is 91.0 Å². The molecule has 0 bridgehead atoms. The molecule has 26 heavy (non-hydrogen) atoms. The van der Waals surface area contributed by atoms with Crippen LogP contribution < -0.4 is 10.4 Å². The molecule has 0 spiro atoms. The fraction of sp³-hybridized carbons (Fsp3) is 0.120. The predicted octanol–water partition coefficient (Wildman–Crippen LogP) is 4.59. The van der Waals surface area contributed by atoms with Crippen molar-refractivity contribution in [3.05, 3.63) is 108 Å². The molecule has 0 atom stereocenters. The highest BCUT2D eigenvalue weighted by Gasteiger charge is 2.40. The molecule has 0 aromatic heterocycles. The Balaban J connectivity index is 1.80.